The molecular weight excluding hydrogens is 249 g/mol. The standard InChI is InChI=1S/C14H22FNO3/c1-17-9-4-7-16-8-10-18-11-12-19-14-6-3-2-5-13(14)15/h2-3,5-6,16H,4,7-12H2,1H3. The minimum Gasteiger partial charge on any atom is -0.488 e. The summed E-state index contributed by atoms with van der Waals surface area (Å²) in [6.07, 6.45) is 0.993. The van der Waals surface area contributed by atoms with Gasteiger partial charge in [-0.2, -0.15) is 0 Å². The first-order valence-corrected chi connectivity index (χ1v) is 6.49. The molecule has 0 aliphatic heterocycles. The van der Waals surface area contributed by atoms with Gasteiger partial charge in [-0.3, -0.25) is 0 Å². The normalized spacial score (nSPS) is 10.6. The predicted molar refractivity (Wildman–Crippen MR) is 72.1 cm³/mol. The molecule has 19 heavy (non-hydrogen) atoms. The summed E-state index contributed by atoms with van der Waals surface area (Å²) in [6.45, 7) is 3.91. The monoisotopic (exact) mass is 271 g/mol. The second-order valence-corrected chi connectivity index (χ2v) is 3.99. The van der Waals surface area contributed by atoms with Crippen molar-refractivity contribution in [3.8, 4) is 5.75 Å². The van der Waals surface area contributed by atoms with Gasteiger partial charge >= 0.3 is 0 Å². The van der Waals surface area contributed by atoms with Gasteiger partial charge in [0.2, 0.25) is 0 Å². The third kappa shape index (κ3) is 7.77. The minimum absolute atomic E-state index is 0.267. The van der Waals surface area contributed by atoms with Crippen molar-refractivity contribution in [2.24, 2.45) is 0 Å². The Morgan fingerprint density at radius 2 is 1.89 bits per heavy atom. The van der Waals surface area contributed by atoms with Gasteiger partial charge in [0.05, 0.1) is 13.2 Å². The van der Waals surface area contributed by atoms with Crippen molar-refractivity contribution >= 4 is 0 Å². The smallest absolute Gasteiger partial charge is 0.165 e. The van der Waals surface area contributed by atoms with Crippen molar-refractivity contribution in [1.29, 1.82) is 0 Å². The molecule has 0 saturated heterocycles. The molecule has 108 valence electrons. The number of rotatable bonds is 11. The molecule has 0 aliphatic rings. The molecule has 5 heteroatoms. The fourth-order valence-corrected chi connectivity index (χ4v) is 1.49. The van der Waals surface area contributed by atoms with E-state index in [4.69, 9.17) is 14.2 Å². The highest BCUT2D eigenvalue weighted by atomic mass is 19.1. The van der Waals surface area contributed by atoms with E-state index < -0.39 is 0 Å². The molecule has 0 fully saturated rings. The average molecular weight is 271 g/mol. The van der Waals surface area contributed by atoms with Crippen LogP contribution in [0.25, 0.3) is 0 Å². The number of benzene rings is 1. The molecule has 0 unspecified atom stereocenters. The third-order valence-electron chi connectivity index (χ3n) is 2.45. The van der Waals surface area contributed by atoms with E-state index in [2.05, 4.69) is 5.32 Å². The zero-order chi connectivity index (χ0) is 13.8. The van der Waals surface area contributed by atoms with Crippen LogP contribution < -0.4 is 10.1 Å². The summed E-state index contributed by atoms with van der Waals surface area (Å²) < 4.78 is 28.7. The number of methoxy groups -OCH3 is 1. The zero-order valence-electron chi connectivity index (χ0n) is 11.4. The summed E-state index contributed by atoms with van der Waals surface area (Å²) in [5, 5.41) is 3.23. The molecule has 0 atom stereocenters. The highest BCUT2D eigenvalue weighted by Crippen LogP contribution is 2.14. The number of hydrogen-bond acceptors (Lipinski definition) is 4. The summed E-state index contributed by atoms with van der Waals surface area (Å²) in [5.74, 6) is -0.0777. The molecule has 0 amide bonds. The topological polar surface area (TPSA) is 39.7 Å². The quantitative estimate of drug-likeness (QED) is 0.624. The Bertz CT molecular complexity index is 336. The molecule has 4 nitrogen and oxygen atoms in total. The molecule has 0 radical (unpaired) electrons. The Morgan fingerprint density at radius 3 is 2.68 bits per heavy atom. The number of ether oxygens (including phenoxy) is 3. The molecule has 1 rings (SSSR count). The number of halogens is 1. The average Bonchev–Trinajstić information content (AvgIpc) is 2.43. The van der Waals surface area contributed by atoms with Crippen LogP contribution in [-0.2, 0) is 9.47 Å². The zero-order valence-corrected chi connectivity index (χ0v) is 11.4. The van der Waals surface area contributed by atoms with Crippen LogP contribution in [0.4, 0.5) is 4.39 Å². The first-order chi connectivity index (χ1) is 9.34. The SMILES string of the molecule is COCCCNCCOCCOc1ccccc1F. The lowest BCUT2D eigenvalue weighted by molar-refractivity contribution is 0.0998. The van der Waals surface area contributed by atoms with E-state index in [1.54, 1.807) is 25.3 Å². The second kappa shape index (κ2) is 10.7. The van der Waals surface area contributed by atoms with E-state index in [-0.39, 0.29) is 11.6 Å². The molecule has 0 aliphatic carbocycles. The van der Waals surface area contributed by atoms with Crippen molar-refractivity contribution in [2.75, 3.05) is 46.6 Å². The number of hydrogen-bond donors (Lipinski definition) is 1. The predicted octanol–water partition coefficient (Wildman–Crippen LogP) is 1.85. The molecule has 0 spiro atoms. The Labute approximate surface area is 113 Å². The Kier molecular flexibility index (Phi) is 8.97. The maximum absolute atomic E-state index is 13.2. The molecular formula is C14H22FNO3. The van der Waals surface area contributed by atoms with Gasteiger partial charge in [-0.25, -0.2) is 4.39 Å². The van der Waals surface area contributed by atoms with Crippen LogP contribution in [0.3, 0.4) is 0 Å². The Morgan fingerprint density at radius 1 is 1.05 bits per heavy atom. The molecule has 0 aromatic heterocycles. The van der Waals surface area contributed by atoms with E-state index >= 15 is 0 Å². The van der Waals surface area contributed by atoms with Crippen molar-refractivity contribution < 1.29 is 18.6 Å². The van der Waals surface area contributed by atoms with Crippen molar-refractivity contribution in [1.82, 2.24) is 5.32 Å². The maximum Gasteiger partial charge on any atom is 0.165 e. The second-order valence-electron chi connectivity index (χ2n) is 3.99. The third-order valence-corrected chi connectivity index (χ3v) is 2.45. The Hall–Kier alpha value is -1.17. The van der Waals surface area contributed by atoms with Gasteiger partial charge < -0.3 is 19.5 Å². The molecule has 1 aromatic carbocycles. The fraction of sp³-hybridized carbons (Fsp3) is 0.571. The van der Waals surface area contributed by atoms with Gasteiger partial charge in [-0.15, -0.1) is 0 Å². The number of nitrogens with one attached hydrogen (secondary N) is 1. The summed E-state index contributed by atoms with van der Waals surface area (Å²) >= 11 is 0. The van der Waals surface area contributed by atoms with Gasteiger partial charge in [0.25, 0.3) is 0 Å². The highest BCUT2D eigenvalue weighted by molar-refractivity contribution is 5.23. The molecule has 0 bridgehead atoms. The van der Waals surface area contributed by atoms with Crippen molar-refractivity contribution in [3.63, 3.8) is 0 Å². The van der Waals surface area contributed by atoms with Gasteiger partial charge in [-0.05, 0) is 25.1 Å². The first kappa shape index (κ1) is 15.9. The van der Waals surface area contributed by atoms with Crippen LogP contribution in [0.1, 0.15) is 6.42 Å². The lowest BCUT2D eigenvalue weighted by Gasteiger charge is -2.08. The van der Waals surface area contributed by atoms with Crippen LogP contribution in [0.15, 0.2) is 24.3 Å². The lowest BCUT2D eigenvalue weighted by atomic mass is 10.3. The van der Waals surface area contributed by atoms with Crippen molar-refractivity contribution in [2.45, 2.75) is 6.42 Å². The van der Waals surface area contributed by atoms with Crippen molar-refractivity contribution in [3.05, 3.63) is 30.1 Å². The Balaban J connectivity index is 1.90. The highest BCUT2D eigenvalue weighted by Gasteiger charge is 2.00. The van der Waals surface area contributed by atoms with Crippen LogP contribution in [0.2, 0.25) is 0 Å². The van der Waals surface area contributed by atoms with Gasteiger partial charge in [0, 0.05) is 20.3 Å². The van der Waals surface area contributed by atoms with Crippen LogP contribution >= 0.6 is 0 Å². The largest absolute Gasteiger partial charge is 0.488 e. The molecule has 0 saturated carbocycles. The van der Waals surface area contributed by atoms with Crippen LogP contribution in [-0.4, -0.2) is 46.6 Å². The van der Waals surface area contributed by atoms with Gasteiger partial charge in [0.15, 0.2) is 11.6 Å². The summed E-state index contributed by atoms with van der Waals surface area (Å²) in [4.78, 5) is 0. The summed E-state index contributed by atoms with van der Waals surface area (Å²) in [7, 11) is 1.69. The lowest BCUT2D eigenvalue weighted by Crippen LogP contribution is -2.22. The van der Waals surface area contributed by atoms with Gasteiger partial charge in [0.1, 0.15) is 6.61 Å². The number of para-hydroxylation sites is 1. The first-order valence-electron chi connectivity index (χ1n) is 6.49. The van der Waals surface area contributed by atoms with E-state index in [0.717, 1.165) is 26.1 Å². The van der Waals surface area contributed by atoms with E-state index in [0.29, 0.717) is 19.8 Å². The summed E-state index contributed by atoms with van der Waals surface area (Å²) in [5.41, 5.74) is 0. The summed E-state index contributed by atoms with van der Waals surface area (Å²) in [6, 6.07) is 6.35. The van der Waals surface area contributed by atoms with E-state index in [1.165, 1.54) is 6.07 Å². The fourth-order valence-electron chi connectivity index (χ4n) is 1.49. The molecule has 1 aromatic rings. The van der Waals surface area contributed by atoms with Crippen LogP contribution in [0, 0.1) is 5.82 Å². The van der Waals surface area contributed by atoms with E-state index in [1.807, 2.05) is 0 Å². The maximum atomic E-state index is 13.2. The van der Waals surface area contributed by atoms with Crippen LogP contribution in [0.5, 0.6) is 5.75 Å². The molecule has 0 heterocycles. The van der Waals surface area contributed by atoms with E-state index in [9.17, 15) is 4.39 Å². The van der Waals surface area contributed by atoms with Gasteiger partial charge in [-0.1, -0.05) is 12.1 Å². The minimum atomic E-state index is -0.345. The molecule has 1 N–H and O–H groups in total.